The Kier molecular flexibility index (Phi) is 3.38. The molecular weight excluding hydrogens is 255 g/mol. The number of benzene rings is 1. The summed E-state index contributed by atoms with van der Waals surface area (Å²) in [5, 5.41) is 0. The molecule has 0 saturated carbocycles. The van der Waals surface area contributed by atoms with Gasteiger partial charge in [-0.1, -0.05) is 0 Å². The van der Waals surface area contributed by atoms with Crippen molar-refractivity contribution in [1.29, 1.82) is 0 Å². The molecule has 1 aromatic heterocycles. The number of imidazole rings is 1. The van der Waals surface area contributed by atoms with E-state index in [-0.39, 0.29) is 5.82 Å². The second-order valence-corrected chi connectivity index (χ2v) is 5.96. The zero-order valence-electron chi connectivity index (χ0n) is 12.0. The van der Waals surface area contributed by atoms with Crippen LogP contribution in [0.5, 0.6) is 0 Å². The van der Waals surface area contributed by atoms with Gasteiger partial charge in [0, 0.05) is 25.2 Å². The lowest BCUT2D eigenvalue weighted by atomic mass is 10.1. The number of nitrogen functional groups attached to an aromatic ring is 1. The molecule has 0 amide bonds. The van der Waals surface area contributed by atoms with Gasteiger partial charge in [0.1, 0.15) is 5.82 Å². The summed E-state index contributed by atoms with van der Waals surface area (Å²) in [7, 11) is 0. The van der Waals surface area contributed by atoms with E-state index in [1.54, 1.807) is 6.07 Å². The molecule has 20 heavy (non-hydrogen) atoms. The molecule has 4 nitrogen and oxygen atoms in total. The summed E-state index contributed by atoms with van der Waals surface area (Å²) in [6.07, 6.45) is 1.18. The number of fused-ring (bicyclic) bond motifs is 1. The zero-order valence-corrected chi connectivity index (χ0v) is 12.0. The highest BCUT2D eigenvalue weighted by Gasteiger charge is 2.25. The summed E-state index contributed by atoms with van der Waals surface area (Å²) in [6, 6.07) is 5.26. The largest absolute Gasteiger partial charge is 0.369 e. The highest BCUT2D eigenvalue weighted by molar-refractivity contribution is 5.78. The van der Waals surface area contributed by atoms with Gasteiger partial charge in [-0.3, -0.25) is 0 Å². The van der Waals surface area contributed by atoms with E-state index in [1.807, 2.05) is 4.57 Å². The highest BCUT2D eigenvalue weighted by Crippen LogP contribution is 2.25. The van der Waals surface area contributed by atoms with Crippen LogP contribution in [0.25, 0.3) is 11.0 Å². The van der Waals surface area contributed by atoms with Gasteiger partial charge in [0.25, 0.3) is 0 Å². The zero-order chi connectivity index (χ0) is 14.3. The SMILES string of the molecule is CC(C)N1CCC(Cn2c(N)nc3cc(F)ccc32)C1. The van der Waals surface area contributed by atoms with Crippen molar-refractivity contribution >= 4 is 17.0 Å². The molecule has 108 valence electrons. The number of nitrogens with zero attached hydrogens (tertiary/aromatic N) is 3. The average Bonchev–Trinajstić information content (AvgIpc) is 2.96. The Morgan fingerprint density at radius 2 is 2.25 bits per heavy atom. The lowest BCUT2D eigenvalue weighted by Gasteiger charge is -2.20. The topological polar surface area (TPSA) is 47.1 Å². The number of halogens is 1. The predicted molar refractivity (Wildman–Crippen MR) is 78.9 cm³/mol. The molecular formula is C15H21FN4. The molecule has 2 heterocycles. The maximum Gasteiger partial charge on any atom is 0.201 e. The summed E-state index contributed by atoms with van der Waals surface area (Å²) >= 11 is 0. The second kappa shape index (κ2) is 5.05. The molecule has 1 saturated heterocycles. The molecule has 0 aliphatic carbocycles. The van der Waals surface area contributed by atoms with Crippen LogP contribution < -0.4 is 5.73 Å². The van der Waals surface area contributed by atoms with Crippen LogP contribution in [0.1, 0.15) is 20.3 Å². The molecule has 5 heteroatoms. The van der Waals surface area contributed by atoms with Crippen molar-refractivity contribution in [3.8, 4) is 0 Å². The van der Waals surface area contributed by atoms with Crippen molar-refractivity contribution in [2.45, 2.75) is 32.9 Å². The van der Waals surface area contributed by atoms with Gasteiger partial charge in [0.2, 0.25) is 5.95 Å². The summed E-state index contributed by atoms with van der Waals surface area (Å²) in [4.78, 5) is 6.74. The molecule has 3 rings (SSSR count). The Hall–Kier alpha value is -1.62. The van der Waals surface area contributed by atoms with Crippen LogP contribution in [-0.2, 0) is 6.54 Å². The molecule has 1 unspecified atom stereocenters. The van der Waals surface area contributed by atoms with Crippen molar-refractivity contribution in [3.63, 3.8) is 0 Å². The lowest BCUT2D eigenvalue weighted by Crippen LogP contribution is -2.28. The lowest BCUT2D eigenvalue weighted by molar-refractivity contribution is 0.261. The quantitative estimate of drug-likeness (QED) is 0.937. The molecule has 1 aromatic carbocycles. The number of rotatable bonds is 3. The smallest absolute Gasteiger partial charge is 0.201 e. The minimum atomic E-state index is -0.269. The van der Waals surface area contributed by atoms with Gasteiger partial charge in [0.05, 0.1) is 11.0 Å². The van der Waals surface area contributed by atoms with Gasteiger partial charge in [-0.2, -0.15) is 0 Å². The fraction of sp³-hybridized carbons (Fsp3) is 0.533. The molecule has 1 fully saturated rings. The van der Waals surface area contributed by atoms with Gasteiger partial charge < -0.3 is 15.2 Å². The summed E-state index contributed by atoms with van der Waals surface area (Å²) < 4.78 is 15.2. The molecule has 1 atom stereocenters. The molecule has 1 aliphatic rings. The highest BCUT2D eigenvalue weighted by atomic mass is 19.1. The summed E-state index contributed by atoms with van der Waals surface area (Å²) in [6.45, 7) is 7.55. The first kappa shape index (κ1) is 13.4. The fourth-order valence-corrected chi connectivity index (χ4v) is 3.05. The maximum absolute atomic E-state index is 13.2. The molecule has 2 aromatic rings. The van der Waals surface area contributed by atoms with Crippen LogP contribution in [0, 0.1) is 11.7 Å². The van der Waals surface area contributed by atoms with Crippen molar-refractivity contribution in [2.24, 2.45) is 5.92 Å². The molecule has 0 bridgehead atoms. The van der Waals surface area contributed by atoms with Crippen molar-refractivity contribution in [3.05, 3.63) is 24.0 Å². The normalized spacial score (nSPS) is 20.3. The van der Waals surface area contributed by atoms with E-state index in [1.165, 1.54) is 18.6 Å². The van der Waals surface area contributed by atoms with Crippen LogP contribution in [0.15, 0.2) is 18.2 Å². The third kappa shape index (κ3) is 2.38. The van der Waals surface area contributed by atoms with E-state index >= 15 is 0 Å². The summed E-state index contributed by atoms with van der Waals surface area (Å²) in [5.74, 6) is 0.796. The maximum atomic E-state index is 13.2. The van der Waals surface area contributed by atoms with E-state index in [9.17, 15) is 4.39 Å². The number of anilines is 1. The number of nitrogens with two attached hydrogens (primary N) is 1. The molecule has 0 spiro atoms. The first-order valence-electron chi connectivity index (χ1n) is 7.20. The Balaban J connectivity index is 1.83. The Morgan fingerprint density at radius 1 is 1.45 bits per heavy atom. The predicted octanol–water partition coefficient (Wildman–Crippen LogP) is 2.49. The van der Waals surface area contributed by atoms with Crippen LogP contribution >= 0.6 is 0 Å². The van der Waals surface area contributed by atoms with E-state index < -0.39 is 0 Å². The number of aromatic nitrogens is 2. The monoisotopic (exact) mass is 276 g/mol. The van der Waals surface area contributed by atoms with Gasteiger partial charge in [-0.15, -0.1) is 0 Å². The van der Waals surface area contributed by atoms with Crippen LogP contribution in [0.4, 0.5) is 10.3 Å². The number of likely N-dealkylation sites (tertiary alicyclic amines) is 1. The van der Waals surface area contributed by atoms with E-state index in [2.05, 4.69) is 23.7 Å². The van der Waals surface area contributed by atoms with Crippen molar-refractivity contribution < 1.29 is 4.39 Å². The third-order valence-corrected chi connectivity index (χ3v) is 4.23. The Labute approximate surface area is 118 Å². The average molecular weight is 276 g/mol. The third-order valence-electron chi connectivity index (χ3n) is 4.23. The van der Waals surface area contributed by atoms with Crippen molar-refractivity contribution in [1.82, 2.24) is 14.5 Å². The van der Waals surface area contributed by atoms with Crippen LogP contribution in [0.2, 0.25) is 0 Å². The van der Waals surface area contributed by atoms with Crippen LogP contribution in [0.3, 0.4) is 0 Å². The number of hydrogen-bond donors (Lipinski definition) is 1. The molecule has 1 aliphatic heterocycles. The van der Waals surface area contributed by atoms with E-state index in [0.29, 0.717) is 23.4 Å². The Morgan fingerprint density at radius 3 is 2.95 bits per heavy atom. The van der Waals surface area contributed by atoms with Gasteiger partial charge >= 0.3 is 0 Å². The number of hydrogen-bond acceptors (Lipinski definition) is 3. The standard InChI is InChI=1S/C15H21FN4/c1-10(2)19-6-5-11(8-19)9-20-14-4-3-12(16)7-13(14)18-15(20)17/h3-4,7,10-11H,5-6,8-9H2,1-2H3,(H2,17,18). The van der Waals surface area contributed by atoms with Gasteiger partial charge in [-0.25, -0.2) is 9.37 Å². The molecule has 2 N–H and O–H groups in total. The molecule has 0 radical (unpaired) electrons. The van der Waals surface area contributed by atoms with Gasteiger partial charge in [-0.05, 0) is 44.9 Å². The van der Waals surface area contributed by atoms with Gasteiger partial charge in [0.15, 0.2) is 0 Å². The van der Waals surface area contributed by atoms with E-state index in [0.717, 1.165) is 25.2 Å². The summed E-state index contributed by atoms with van der Waals surface area (Å²) in [5.41, 5.74) is 7.55. The first-order chi connectivity index (χ1) is 9.54. The minimum Gasteiger partial charge on any atom is -0.369 e. The van der Waals surface area contributed by atoms with Crippen molar-refractivity contribution in [2.75, 3.05) is 18.8 Å². The second-order valence-electron chi connectivity index (χ2n) is 5.96. The van der Waals surface area contributed by atoms with E-state index in [4.69, 9.17) is 5.73 Å². The first-order valence-corrected chi connectivity index (χ1v) is 7.20. The van der Waals surface area contributed by atoms with Crippen LogP contribution in [-0.4, -0.2) is 33.6 Å². The minimum absolute atomic E-state index is 0.269. The Bertz CT molecular complexity index is 620. The fourth-order valence-electron chi connectivity index (χ4n) is 3.05.